The maximum absolute atomic E-state index is 13.0. The fourth-order valence-corrected chi connectivity index (χ4v) is 2.96. The minimum atomic E-state index is 0.00167. The first-order valence-electron chi connectivity index (χ1n) is 7.04. The van der Waals surface area contributed by atoms with E-state index in [4.69, 9.17) is 0 Å². The molecule has 3 aromatic rings. The standard InChI is InChI=1S/C19H17NO/c1-12-10-13(2)17(14(3)11-12)19(21)18-16-7-5-4-6-15(16)8-9-20-18/h4-11H,1-3H3. The average Bonchev–Trinajstić information content (AvgIpc) is 2.45. The van der Waals surface area contributed by atoms with E-state index in [1.807, 2.05) is 63.2 Å². The van der Waals surface area contributed by atoms with Gasteiger partial charge in [-0.3, -0.25) is 9.78 Å². The second-order valence-corrected chi connectivity index (χ2v) is 5.48. The highest BCUT2D eigenvalue weighted by molar-refractivity contribution is 6.16. The van der Waals surface area contributed by atoms with E-state index >= 15 is 0 Å². The molecule has 0 spiro atoms. The maximum atomic E-state index is 13.0. The highest BCUT2D eigenvalue weighted by Gasteiger charge is 2.18. The summed E-state index contributed by atoms with van der Waals surface area (Å²) < 4.78 is 0. The van der Waals surface area contributed by atoms with Crippen LogP contribution in [0.15, 0.2) is 48.7 Å². The minimum Gasteiger partial charge on any atom is -0.287 e. The second-order valence-electron chi connectivity index (χ2n) is 5.48. The molecular weight excluding hydrogens is 258 g/mol. The van der Waals surface area contributed by atoms with Crippen LogP contribution in [0.4, 0.5) is 0 Å². The van der Waals surface area contributed by atoms with Crippen LogP contribution < -0.4 is 0 Å². The molecule has 0 amide bonds. The van der Waals surface area contributed by atoms with Gasteiger partial charge in [-0.25, -0.2) is 0 Å². The number of benzene rings is 2. The Morgan fingerprint density at radius 1 is 0.952 bits per heavy atom. The highest BCUT2D eigenvalue weighted by atomic mass is 16.1. The van der Waals surface area contributed by atoms with Gasteiger partial charge in [0.05, 0.1) is 0 Å². The molecule has 0 aliphatic rings. The van der Waals surface area contributed by atoms with Gasteiger partial charge in [0, 0.05) is 17.1 Å². The summed E-state index contributed by atoms with van der Waals surface area (Å²) in [6.45, 7) is 6.02. The molecule has 0 aliphatic carbocycles. The van der Waals surface area contributed by atoms with Crippen LogP contribution >= 0.6 is 0 Å². The van der Waals surface area contributed by atoms with Crippen molar-refractivity contribution in [3.8, 4) is 0 Å². The summed E-state index contributed by atoms with van der Waals surface area (Å²) in [6.07, 6.45) is 1.70. The van der Waals surface area contributed by atoms with Crippen LogP contribution in [0.2, 0.25) is 0 Å². The van der Waals surface area contributed by atoms with E-state index in [0.717, 1.165) is 27.5 Å². The normalized spacial score (nSPS) is 10.8. The lowest BCUT2D eigenvalue weighted by molar-refractivity contribution is 0.103. The highest BCUT2D eigenvalue weighted by Crippen LogP contribution is 2.23. The molecule has 3 rings (SSSR count). The van der Waals surface area contributed by atoms with Gasteiger partial charge in [-0.2, -0.15) is 0 Å². The van der Waals surface area contributed by atoms with Crippen LogP contribution in [0.3, 0.4) is 0 Å². The number of aryl methyl sites for hydroxylation is 3. The van der Waals surface area contributed by atoms with Crippen LogP contribution in [0.5, 0.6) is 0 Å². The molecule has 1 aromatic heterocycles. The first-order chi connectivity index (χ1) is 10.1. The first kappa shape index (κ1) is 13.5. The molecular formula is C19H17NO. The summed E-state index contributed by atoms with van der Waals surface area (Å²) in [7, 11) is 0. The molecule has 0 saturated heterocycles. The number of pyridine rings is 1. The number of ketones is 1. The van der Waals surface area contributed by atoms with E-state index in [-0.39, 0.29) is 5.78 Å². The zero-order valence-electron chi connectivity index (χ0n) is 12.5. The number of hydrogen-bond acceptors (Lipinski definition) is 2. The summed E-state index contributed by atoms with van der Waals surface area (Å²) in [5.74, 6) is 0.00167. The summed E-state index contributed by atoms with van der Waals surface area (Å²) in [5, 5.41) is 1.95. The summed E-state index contributed by atoms with van der Waals surface area (Å²) >= 11 is 0. The van der Waals surface area contributed by atoms with Crippen molar-refractivity contribution >= 4 is 16.6 Å². The van der Waals surface area contributed by atoms with E-state index in [9.17, 15) is 4.79 Å². The Morgan fingerprint density at radius 2 is 1.62 bits per heavy atom. The average molecular weight is 275 g/mol. The topological polar surface area (TPSA) is 30.0 Å². The third-order valence-corrected chi connectivity index (χ3v) is 3.79. The van der Waals surface area contributed by atoms with Crippen molar-refractivity contribution in [1.29, 1.82) is 0 Å². The van der Waals surface area contributed by atoms with Crippen molar-refractivity contribution in [2.45, 2.75) is 20.8 Å². The van der Waals surface area contributed by atoms with Gasteiger partial charge < -0.3 is 0 Å². The van der Waals surface area contributed by atoms with Gasteiger partial charge in [-0.15, -0.1) is 0 Å². The largest absolute Gasteiger partial charge is 0.287 e. The lowest BCUT2D eigenvalue weighted by Crippen LogP contribution is -2.09. The van der Waals surface area contributed by atoms with Crippen molar-refractivity contribution in [2.75, 3.05) is 0 Å². The SMILES string of the molecule is Cc1cc(C)c(C(=O)c2nccc3ccccc23)c(C)c1. The first-order valence-corrected chi connectivity index (χ1v) is 7.04. The molecule has 0 fully saturated rings. The Hall–Kier alpha value is -2.48. The van der Waals surface area contributed by atoms with Gasteiger partial charge in [-0.05, 0) is 43.4 Å². The molecule has 0 radical (unpaired) electrons. The van der Waals surface area contributed by atoms with E-state index in [2.05, 4.69) is 4.98 Å². The number of rotatable bonds is 2. The van der Waals surface area contributed by atoms with Gasteiger partial charge in [0.15, 0.2) is 0 Å². The molecule has 0 bridgehead atoms. The molecule has 0 aliphatic heterocycles. The molecule has 0 atom stereocenters. The Bertz CT molecular complexity index is 821. The zero-order chi connectivity index (χ0) is 15.0. The molecule has 0 saturated carbocycles. The lowest BCUT2D eigenvalue weighted by atomic mass is 9.93. The van der Waals surface area contributed by atoms with Crippen molar-refractivity contribution in [3.63, 3.8) is 0 Å². The van der Waals surface area contributed by atoms with Crippen LogP contribution in [-0.2, 0) is 0 Å². The smallest absolute Gasteiger partial charge is 0.212 e. The Labute approximate surface area is 124 Å². The maximum Gasteiger partial charge on any atom is 0.212 e. The van der Waals surface area contributed by atoms with Crippen LogP contribution in [-0.4, -0.2) is 10.8 Å². The number of carbonyl (C=O) groups is 1. The lowest BCUT2D eigenvalue weighted by Gasteiger charge is -2.11. The number of hydrogen-bond donors (Lipinski definition) is 0. The Kier molecular flexibility index (Phi) is 3.30. The van der Waals surface area contributed by atoms with E-state index in [0.29, 0.717) is 5.69 Å². The van der Waals surface area contributed by atoms with Crippen molar-refractivity contribution in [2.24, 2.45) is 0 Å². The van der Waals surface area contributed by atoms with Gasteiger partial charge in [0.1, 0.15) is 5.69 Å². The molecule has 0 unspecified atom stereocenters. The fourth-order valence-electron chi connectivity index (χ4n) is 2.96. The zero-order valence-corrected chi connectivity index (χ0v) is 12.5. The summed E-state index contributed by atoms with van der Waals surface area (Å²) in [5.41, 5.74) is 4.49. The third kappa shape index (κ3) is 2.33. The molecule has 104 valence electrons. The van der Waals surface area contributed by atoms with Crippen LogP contribution in [0, 0.1) is 20.8 Å². The molecule has 1 heterocycles. The fraction of sp³-hybridized carbons (Fsp3) is 0.158. The van der Waals surface area contributed by atoms with E-state index in [1.165, 1.54) is 5.56 Å². The number of fused-ring (bicyclic) bond motifs is 1. The molecule has 0 N–H and O–H groups in total. The quantitative estimate of drug-likeness (QED) is 0.649. The van der Waals surface area contributed by atoms with Crippen molar-refractivity contribution in [1.82, 2.24) is 4.98 Å². The van der Waals surface area contributed by atoms with Gasteiger partial charge >= 0.3 is 0 Å². The van der Waals surface area contributed by atoms with Crippen LogP contribution in [0.25, 0.3) is 10.8 Å². The number of aromatic nitrogens is 1. The Morgan fingerprint density at radius 3 is 2.33 bits per heavy atom. The van der Waals surface area contributed by atoms with E-state index in [1.54, 1.807) is 6.20 Å². The number of nitrogens with zero attached hydrogens (tertiary/aromatic N) is 1. The predicted molar refractivity (Wildman–Crippen MR) is 85.8 cm³/mol. The van der Waals surface area contributed by atoms with Crippen molar-refractivity contribution in [3.05, 3.63) is 76.6 Å². The summed E-state index contributed by atoms with van der Waals surface area (Å²) in [4.78, 5) is 17.3. The monoisotopic (exact) mass is 275 g/mol. The van der Waals surface area contributed by atoms with Crippen LogP contribution in [0.1, 0.15) is 32.7 Å². The molecule has 21 heavy (non-hydrogen) atoms. The third-order valence-electron chi connectivity index (χ3n) is 3.79. The Balaban J connectivity index is 2.22. The predicted octanol–water partition coefficient (Wildman–Crippen LogP) is 4.39. The minimum absolute atomic E-state index is 0.00167. The molecule has 2 aromatic carbocycles. The molecule has 2 nitrogen and oxygen atoms in total. The molecule has 2 heteroatoms. The van der Waals surface area contributed by atoms with Gasteiger partial charge in [-0.1, -0.05) is 42.0 Å². The second kappa shape index (κ2) is 5.13. The number of carbonyl (C=O) groups excluding carboxylic acids is 1. The summed E-state index contributed by atoms with van der Waals surface area (Å²) in [6, 6.07) is 13.9. The van der Waals surface area contributed by atoms with E-state index < -0.39 is 0 Å². The van der Waals surface area contributed by atoms with Crippen molar-refractivity contribution < 1.29 is 4.79 Å². The van der Waals surface area contributed by atoms with Gasteiger partial charge in [0.2, 0.25) is 5.78 Å². The van der Waals surface area contributed by atoms with Gasteiger partial charge in [0.25, 0.3) is 0 Å².